The van der Waals surface area contributed by atoms with Gasteiger partial charge in [-0.2, -0.15) is 10.1 Å². The number of H-pyrrole nitrogens is 1. The van der Waals surface area contributed by atoms with E-state index in [2.05, 4.69) is 19.9 Å². The first-order valence-electron chi connectivity index (χ1n) is 4.43. The number of anilines is 1. The van der Waals surface area contributed by atoms with E-state index >= 15 is 0 Å². The van der Waals surface area contributed by atoms with E-state index < -0.39 is 10.0 Å². The summed E-state index contributed by atoms with van der Waals surface area (Å²) < 4.78 is 26.2. The van der Waals surface area contributed by atoms with Crippen molar-refractivity contribution in [3.8, 4) is 0 Å². The molecule has 0 aliphatic heterocycles. The molecule has 96 valence electrons. The minimum atomic E-state index is -3.91. The van der Waals surface area contributed by atoms with Crippen LogP contribution in [0.15, 0.2) is 23.4 Å². The van der Waals surface area contributed by atoms with Gasteiger partial charge in [-0.25, -0.2) is 18.2 Å². The van der Waals surface area contributed by atoms with Gasteiger partial charge in [0.25, 0.3) is 10.0 Å². The lowest BCUT2D eigenvalue weighted by molar-refractivity contribution is 0.601. The fraction of sp³-hybridized carbons (Fsp3) is 0. The highest BCUT2D eigenvalue weighted by molar-refractivity contribution is 7.92. The van der Waals surface area contributed by atoms with Crippen LogP contribution in [-0.2, 0) is 10.0 Å². The summed E-state index contributed by atoms with van der Waals surface area (Å²) in [5.74, 6) is -0.0304. The van der Waals surface area contributed by atoms with Gasteiger partial charge in [0.15, 0.2) is 0 Å². The Hall–Kier alpha value is -1.02. The van der Waals surface area contributed by atoms with Gasteiger partial charge in [-0.3, -0.25) is 0 Å². The van der Waals surface area contributed by atoms with Crippen molar-refractivity contribution in [2.45, 2.75) is 4.90 Å². The average Bonchev–Trinajstić information content (AvgIpc) is 2.77. The molecule has 0 atom stereocenters. The predicted octanol–water partition coefficient (Wildman–Crippen LogP) is 2.57. The number of aromatic amines is 1. The third-order valence-corrected chi connectivity index (χ3v) is 4.72. The van der Waals surface area contributed by atoms with Gasteiger partial charge in [0.05, 0.1) is 15.1 Å². The molecule has 2 rings (SSSR count). The van der Waals surface area contributed by atoms with E-state index in [9.17, 15) is 8.42 Å². The molecule has 0 saturated heterocycles. The summed E-state index contributed by atoms with van der Waals surface area (Å²) in [5, 5.41) is 5.85. The smallest absolute Gasteiger partial charge is 0.248 e. The second-order valence-corrected chi connectivity index (χ2v) is 5.93. The molecule has 0 saturated carbocycles. The maximum Gasteiger partial charge on any atom is 0.265 e. The van der Waals surface area contributed by atoms with Crippen molar-refractivity contribution in [3.63, 3.8) is 0 Å². The first kappa shape index (κ1) is 13.4. The second-order valence-electron chi connectivity index (χ2n) is 3.11. The maximum atomic E-state index is 12.0. The summed E-state index contributed by atoms with van der Waals surface area (Å²) in [6.45, 7) is 0. The number of rotatable bonds is 3. The highest BCUT2D eigenvalue weighted by Gasteiger charge is 2.22. The van der Waals surface area contributed by atoms with Gasteiger partial charge < -0.3 is 0 Å². The lowest BCUT2D eigenvalue weighted by atomic mass is 10.4. The standard InChI is InChI=1S/C8H5Cl3N4O2S/c9-4-1-2-5(7(11)6(4)10)18(16,17)15-8-12-3-13-14-8/h1-3H,(H2,12,13,14,15). The molecule has 6 nitrogen and oxygen atoms in total. The highest BCUT2D eigenvalue weighted by Crippen LogP contribution is 2.35. The first-order valence-corrected chi connectivity index (χ1v) is 7.05. The Balaban J connectivity index is 2.45. The van der Waals surface area contributed by atoms with Crippen molar-refractivity contribution < 1.29 is 8.42 Å². The van der Waals surface area contributed by atoms with Crippen molar-refractivity contribution in [3.05, 3.63) is 33.5 Å². The quantitative estimate of drug-likeness (QED) is 0.848. The number of hydrogen-bond acceptors (Lipinski definition) is 4. The molecular weight excluding hydrogens is 323 g/mol. The van der Waals surface area contributed by atoms with Crippen LogP contribution >= 0.6 is 34.8 Å². The molecule has 0 bridgehead atoms. The van der Waals surface area contributed by atoms with Crippen LogP contribution in [0.5, 0.6) is 0 Å². The van der Waals surface area contributed by atoms with Gasteiger partial charge in [0.2, 0.25) is 5.95 Å². The Morgan fingerprint density at radius 2 is 1.89 bits per heavy atom. The second kappa shape index (κ2) is 4.93. The topological polar surface area (TPSA) is 87.7 Å². The molecule has 1 aromatic carbocycles. The Morgan fingerprint density at radius 1 is 1.17 bits per heavy atom. The van der Waals surface area contributed by atoms with Gasteiger partial charge in [-0.05, 0) is 12.1 Å². The van der Waals surface area contributed by atoms with Crippen molar-refractivity contribution in [2.24, 2.45) is 0 Å². The van der Waals surface area contributed by atoms with Gasteiger partial charge in [-0.1, -0.05) is 34.8 Å². The van der Waals surface area contributed by atoms with Crippen molar-refractivity contribution in [1.82, 2.24) is 15.2 Å². The molecule has 18 heavy (non-hydrogen) atoms. The van der Waals surface area contributed by atoms with Crippen LogP contribution < -0.4 is 4.72 Å². The molecule has 0 unspecified atom stereocenters. The van der Waals surface area contributed by atoms with E-state index in [4.69, 9.17) is 34.8 Å². The molecule has 0 radical (unpaired) electrons. The fourth-order valence-electron chi connectivity index (χ4n) is 1.15. The van der Waals surface area contributed by atoms with Crippen LogP contribution in [0.3, 0.4) is 0 Å². The third-order valence-electron chi connectivity index (χ3n) is 1.94. The summed E-state index contributed by atoms with van der Waals surface area (Å²) in [5.41, 5.74) is 0. The zero-order chi connectivity index (χ0) is 13.3. The largest absolute Gasteiger partial charge is 0.265 e. The molecule has 0 aliphatic rings. The number of sulfonamides is 1. The van der Waals surface area contributed by atoms with Crippen LogP contribution in [0.25, 0.3) is 0 Å². The monoisotopic (exact) mass is 326 g/mol. The zero-order valence-corrected chi connectivity index (χ0v) is 11.6. The van der Waals surface area contributed by atoms with Crippen LogP contribution in [-0.4, -0.2) is 23.6 Å². The Kier molecular flexibility index (Phi) is 3.67. The number of nitrogens with one attached hydrogen (secondary N) is 2. The molecule has 0 spiro atoms. The lowest BCUT2D eigenvalue weighted by Gasteiger charge is -2.08. The minimum absolute atomic E-state index is 0.0289. The number of hydrogen-bond donors (Lipinski definition) is 2. The molecule has 1 aromatic heterocycles. The van der Waals surface area contributed by atoms with E-state index in [-0.39, 0.29) is 25.9 Å². The number of benzene rings is 1. The minimum Gasteiger partial charge on any atom is -0.248 e. The summed E-state index contributed by atoms with van der Waals surface area (Å²) >= 11 is 17.3. The SMILES string of the molecule is O=S(=O)(Nc1ncn[nH]1)c1ccc(Cl)c(Cl)c1Cl. The Morgan fingerprint density at radius 3 is 2.50 bits per heavy atom. The van der Waals surface area contributed by atoms with Crippen molar-refractivity contribution >= 4 is 50.8 Å². The Bertz CT molecular complexity index is 672. The van der Waals surface area contributed by atoms with Crippen LogP contribution in [0.2, 0.25) is 15.1 Å². The van der Waals surface area contributed by atoms with Crippen LogP contribution in [0.4, 0.5) is 5.95 Å². The predicted molar refractivity (Wildman–Crippen MR) is 68.7 cm³/mol. The molecule has 2 aromatic rings. The summed E-state index contributed by atoms with van der Waals surface area (Å²) in [6.07, 6.45) is 1.16. The van der Waals surface area contributed by atoms with Gasteiger partial charge >= 0.3 is 0 Å². The maximum absolute atomic E-state index is 12.0. The molecule has 0 fully saturated rings. The van der Waals surface area contributed by atoms with Crippen LogP contribution in [0, 0.1) is 0 Å². The summed E-state index contributed by atoms with van der Waals surface area (Å²) in [4.78, 5) is 3.44. The highest BCUT2D eigenvalue weighted by atomic mass is 35.5. The average molecular weight is 328 g/mol. The van der Waals surface area contributed by atoms with Gasteiger partial charge in [0, 0.05) is 0 Å². The van der Waals surface area contributed by atoms with Crippen molar-refractivity contribution in [2.75, 3.05) is 4.72 Å². The molecule has 10 heteroatoms. The number of halogens is 3. The fourth-order valence-corrected chi connectivity index (χ4v) is 3.10. The molecule has 2 N–H and O–H groups in total. The summed E-state index contributed by atoms with van der Waals surface area (Å²) in [7, 11) is -3.91. The van der Waals surface area contributed by atoms with Crippen LogP contribution in [0.1, 0.15) is 0 Å². The lowest BCUT2D eigenvalue weighted by Crippen LogP contribution is -2.14. The molecule has 0 aliphatic carbocycles. The Labute approximate surface area is 117 Å². The number of aromatic nitrogens is 3. The number of nitrogens with zero attached hydrogens (tertiary/aromatic N) is 2. The third kappa shape index (κ3) is 2.54. The van der Waals surface area contributed by atoms with Gasteiger partial charge in [0.1, 0.15) is 11.2 Å². The molecule has 0 amide bonds. The molecule has 1 heterocycles. The zero-order valence-electron chi connectivity index (χ0n) is 8.49. The van der Waals surface area contributed by atoms with Crippen molar-refractivity contribution in [1.29, 1.82) is 0 Å². The summed E-state index contributed by atoms with van der Waals surface area (Å²) in [6, 6.07) is 2.58. The van der Waals surface area contributed by atoms with E-state index in [1.807, 2.05) is 0 Å². The first-order chi connectivity index (χ1) is 8.42. The van der Waals surface area contributed by atoms with Gasteiger partial charge in [-0.15, -0.1) is 0 Å². The molecular formula is C8H5Cl3N4O2S. The van der Waals surface area contributed by atoms with E-state index in [0.29, 0.717) is 0 Å². The normalized spacial score (nSPS) is 11.5. The van der Waals surface area contributed by atoms with E-state index in [0.717, 1.165) is 6.33 Å². The van der Waals surface area contributed by atoms with E-state index in [1.165, 1.54) is 12.1 Å². The van der Waals surface area contributed by atoms with E-state index in [1.54, 1.807) is 0 Å².